The van der Waals surface area contributed by atoms with Gasteiger partial charge in [0.25, 0.3) is 0 Å². The lowest BCUT2D eigenvalue weighted by Gasteiger charge is -2.09. The van der Waals surface area contributed by atoms with E-state index in [1.54, 1.807) is 24.3 Å². The van der Waals surface area contributed by atoms with Gasteiger partial charge in [-0.25, -0.2) is 4.98 Å². The Labute approximate surface area is 338 Å². The van der Waals surface area contributed by atoms with Gasteiger partial charge in [0.2, 0.25) is 5.28 Å². The number of aliphatic hydroxyl groups excluding tert-OH is 2. The van der Waals surface area contributed by atoms with E-state index in [4.69, 9.17) is 68.9 Å². The molecule has 0 aliphatic rings. The van der Waals surface area contributed by atoms with E-state index in [1.807, 2.05) is 62.4 Å². The molecule has 2 heterocycles. The smallest absolute Gasteiger partial charge is 0.489 e. The van der Waals surface area contributed by atoms with Crippen LogP contribution in [0.1, 0.15) is 25.0 Å². The molecule has 0 aliphatic carbocycles. The lowest BCUT2D eigenvalue weighted by Crippen LogP contribution is -2.31. The SMILES string of the molecule is CCOc1ccc(-c2nc(Cl)nc(OC)n2)cc1.CCOc1ccc(-c2nc(OC)nc(-c3cc(CO)ccc3Cl)n2)cc1.OCc1ccc(Cl)c(B(O)O)c1. The van der Waals surface area contributed by atoms with Crippen molar-refractivity contribution in [1.29, 1.82) is 0 Å². The van der Waals surface area contributed by atoms with Crippen molar-refractivity contribution in [3.05, 3.63) is 111 Å². The molecular weight excluding hydrogens is 786 g/mol. The molecule has 0 radical (unpaired) electrons. The molecule has 18 heteroatoms. The van der Waals surface area contributed by atoms with Crippen LogP contribution in [0.4, 0.5) is 0 Å². The standard InChI is InChI=1S/C19H18ClN3O3.C12H12ClN3O2.C7H8BClO3/c1-3-26-14-7-5-13(6-8-14)17-21-18(23-19(22-17)25-2)15-10-12(11-24)4-9-16(15)20;1-3-18-9-6-4-8(5-7-9)10-14-11(13)16-12(15-10)17-2;9-7-2-1-5(4-10)3-6(7)8(11)12/h4-10,24H,3,11H2,1-2H3;4-7H,3H2,1-2H3;1-3,10-12H,4H2. The number of hydrogen-bond acceptors (Lipinski definition) is 14. The highest BCUT2D eigenvalue weighted by Gasteiger charge is 2.16. The predicted molar refractivity (Wildman–Crippen MR) is 215 cm³/mol. The van der Waals surface area contributed by atoms with Gasteiger partial charge in [0.15, 0.2) is 17.5 Å². The van der Waals surface area contributed by atoms with Crippen molar-refractivity contribution < 1.29 is 39.2 Å². The average Bonchev–Trinajstić information content (AvgIpc) is 3.22. The molecule has 0 aliphatic heterocycles. The van der Waals surface area contributed by atoms with E-state index in [9.17, 15) is 5.11 Å². The van der Waals surface area contributed by atoms with Crippen LogP contribution in [0, 0.1) is 0 Å². The number of aromatic nitrogens is 6. The zero-order chi connectivity index (χ0) is 40.6. The van der Waals surface area contributed by atoms with E-state index in [2.05, 4.69) is 29.9 Å². The molecule has 6 aromatic rings. The molecule has 6 rings (SSSR count). The molecule has 0 atom stereocenters. The van der Waals surface area contributed by atoms with Crippen LogP contribution >= 0.6 is 34.8 Å². The van der Waals surface area contributed by atoms with E-state index in [0.29, 0.717) is 52.4 Å². The van der Waals surface area contributed by atoms with Crippen LogP contribution in [0.5, 0.6) is 23.5 Å². The molecule has 0 spiro atoms. The Hall–Kier alpha value is -5.13. The van der Waals surface area contributed by atoms with Gasteiger partial charge in [0.1, 0.15) is 11.5 Å². The van der Waals surface area contributed by atoms with Crippen LogP contribution in [0.25, 0.3) is 34.2 Å². The van der Waals surface area contributed by atoms with Gasteiger partial charge in [-0.1, -0.05) is 41.4 Å². The Morgan fingerprint density at radius 1 is 0.554 bits per heavy atom. The summed E-state index contributed by atoms with van der Waals surface area (Å²) in [6.45, 7) is 4.86. The first-order valence-corrected chi connectivity index (χ1v) is 18.0. The normalized spacial score (nSPS) is 10.3. The molecule has 292 valence electrons. The second-order valence-electron chi connectivity index (χ2n) is 11.2. The number of benzene rings is 4. The van der Waals surface area contributed by atoms with Gasteiger partial charge in [-0.3, -0.25) is 0 Å². The Bertz CT molecular complexity index is 2170. The summed E-state index contributed by atoms with van der Waals surface area (Å²) >= 11 is 17.7. The first-order valence-electron chi connectivity index (χ1n) is 16.9. The highest BCUT2D eigenvalue weighted by atomic mass is 35.5. The summed E-state index contributed by atoms with van der Waals surface area (Å²) in [4.78, 5) is 25.1. The van der Waals surface area contributed by atoms with Gasteiger partial charge in [-0.15, -0.1) is 0 Å². The maximum Gasteiger partial charge on any atom is 0.489 e. The number of halogens is 3. The molecule has 2 aromatic heterocycles. The first kappa shape index (κ1) is 43.6. The molecule has 0 saturated heterocycles. The second-order valence-corrected chi connectivity index (χ2v) is 12.3. The van der Waals surface area contributed by atoms with Crippen molar-refractivity contribution in [2.75, 3.05) is 27.4 Å². The van der Waals surface area contributed by atoms with Gasteiger partial charge in [0.05, 0.1) is 45.7 Å². The minimum absolute atomic E-state index is 0.0991. The van der Waals surface area contributed by atoms with Crippen molar-refractivity contribution in [3.63, 3.8) is 0 Å². The van der Waals surface area contributed by atoms with Gasteiger partial charge in [-0.2, -0.15) is 24.9 Å². The third kappa shape index (κ3) is 12.4. The Balaban J connectivity index is 0.000000201. The summed E-state index contributed by atoms with van der Waals surface area (Å²) in [6, 6.07) is 25.0. The number of methoxy groups -OCH3 is 2. The molecule has 56 heavy (non-hydrogen) atoms. The summed E-state index contributed by atoms with van der Waals surface area (Å²) in [5, 5.41) is 36.6. The van der Waals surface area contributed by atoms with E-state index in [0.717, 1.165) is 22.6 Å². The van der Waals surface area contributed by atoms with Crippen molar-refractivity contribution in [1.82, 2.24) is 29.9 Å². The van der Waals surface area contributed by atoms with Gasteiger partial charge >= 0.3 is 19.1 Å². The fourth-order valence-electron chi connectivity index (χ4n) is 4.72. The summed E-state index contributed by atoms with van der Waals surface area (Å²) in [5.41, 5.74) is 3.74. The zero-order valence-corrected chi connectivity index (χ0v) is 33.0. The van der Waals surface area contributed by atoms with E-state index >= 15 is 0 Å². The van der Waals surface area contributed by atoms with E-state index in [1.165, 1.54) is 26.4 Å². The Morgan fingerprint density at radius 3 is 1.50 bits per heavy atom. The molecular formula is C38H38BCl3N6O8. The van der Waals surface area contributed by atoms with Crippen molar-refractivity contribution in [3.8, 4) is 57.7 Å². The average molecular weight is 824 g/mol. The lowest BCUT2D eigenvalue weighted by molar-refractivity contribution is 0.281. The minimum Gasteiger partial charge on any atom is -0.494 e. The summed E-state index contributed by atoms with van der Waals surface area (Å²) in [6.07, 6.45) is 0. The monoisotopic (exact) mass is 822 g/mol. The number of rotatable bonds is 12. The molecule has 0 saturated carbocycles. The highest BCUT2D eigenvalue weighted by Crippen LogP contribution is 2.30. The topological polar surface area (TPSA) is 195 Å². The fraction of sp³-hybridized carbons (Fsp3) is 0.211. The summed E-state index contributed by atoms with van der Waals surface area (Å²) < 4.78 is 21.0. The predicted octanol–water partition coefficient (Wildman–Crippen LogP) is 5.87. The molecule has 0 bridgehead atoms. The molecule has 4 N–H and O–H groups in total. The number of ether oxygens (including phenoxy) is 4. The van der Waals surface area contributed by atoms with E-state index < -0.39 is 7.12 Å². The van der Waals surface area contributed by atoms with Crippen LogP contribution in [-0.4, -0.2) is 84.7 Å². The third-order valence-electron chi connectivity index (χ3n) is 7.39. The summed E-state index contributed by atoms with van der Waals surface area (Å²) in [7, 11) is 1.38. The highest BCUT2D eigenvalue weighted by molar-refractivity contribution is 6.62. The van der Waals surface area contributed by atoms with Crippen LogP contribution in [0.15, 0.2) is 84.9 Å². The molecule has 0 unspecified atom stereocenters. The van der Waals surface area contributed by atoms with Gasteiger partial charge in [-0.05, 0) is 103 Å². The van der Waals surface area contributed by atoms with E-state index in [-0.39, 0.29) is 41.0 Å². The fourth-order valence-corrected chi connectivity index (χ4v) is 5.28. The van der Waals surface area contributed by atoms with Gasteiger partial charge < -0.3 is 39.2 Å². The van der Waals surface area contributed by atoms with Crippen molar-refractivity contribution >= 4 is 47.4 Å². The zero-order valence-electron chi connectivity index (χ0n) is 30.7. The molecule has 0 fully saturated rings. The van der Waals surface area contributed by atoms with Crippen LogP contribution in [-0.2, 0) is 13.2 Å². The maximum atomic E-state index is 9.37. The van der Waals surface area contributed by atoms with Crippen molar-refractivity contribution in [2.24, 2.45) is 0 Å². The maximum absolute atomic E-state index is 9.37. The van der Waals surface area contributed by atoms with Crippen LogP contribution < -0.4 is 24.4 Å². The number of hydrogen-bond donors (Lipinski definition) is 4. The number of aliphatic hydroxyl groups is 2. The number of nitrogens with zero attached hydrogens (tertiary/aromatic N) is 6. The largest absolute Gasteiger partial charge is 0.494 e. The van der Waals surface area contributed by atoms with Crippen LogP contribution in [0.2, 0.25) is 15.3 Å². The Kier molecular flexibility index (Phi) is 17.0. The summed E-state index contributed by atoms with van der Waals surface area (Å²) in [5.74, 6) is 2.88. The van der Waals surface area contributed by atoms with Crippen molar-refractivity contribution in [2.45, 2.75) is 27.1 Å². The molecule has 4 aromatic carbocycles. The van der Waals surface area contributed by atoms with Crippen LogP contribution in [0.3, 0.4) is 0 Å². The quantitative estimate of drug-likeness (QED) is 0.107. The molecule has 14 nitrogen and oxygen atoms in total. The third-order valence-corrected chi connectivity index (χ3v) is 8.23. The van der Waals surface area contributed by atoms with Gasteiger partial charge in [0, 0.05) is 27.2 Å². The molecule has 0 amide bonds. The lowest BCUT2D eigenvalue weighted by atomic mass is 9.79. The Morgan fingerprint density at radius 2 is 1.02 bits per heavy atom. The second kappa shape index (κ2) is 21.8. The minimum atomic E-state index is -1.59. The first-order chi connectivity index (χ1) is 27.0.